The van der Waals surface area contributed by atoms with Crippen LogP contribution in [-0.2, 0) is 6.54 Å². The minimum absolute atomic E-state index is 0.346. The molecule has 1 heterocycles. The van der Waals surface area contributed by atoms with Gasteiger partial charge in [0.2, 0.25) is 0 Å². The molecule has 1 aliphatic carbocycles. The standard InChI is InChI=1S/C14H24N2O/c1-4-15-9-12-13(17-10-16-12)11-7-5-6-8-14(11,2)3/h10-11,15H,4-9H2,1-3H3. The maximum Gasteiger partial charge on any atom is 0.181 e. The monoisotopic (exact) mass is 236 g/mol. The molecule has 0 amide bonds. The van der Waals surface area contributed by atoms with Gasteiger partial charge in [0.15, 0.2) is 6.39 Å². The van der Waals surface area contributed by atoms with Crippen LogP contribution in [0.3, 0.4) is 0 Å². The SMILES string of the molecule is CCNCc1ncoc1C1CCCCC1(C)C. The lowest BCUT2D eigenvalue weighted by Gasteiger charge is -2.37. The van der Waals surface area contributed by atoms with Crippen LogP contribution in [0.1, 0.15) is 63.8 Å². The minimum Gasteiger partial charge on any atom is -0.448 e. The summed E-state index contributed by atoms with van der Waals surface area (Å²) >= 11 is 0. The normalized spacial score (nSPS) is 23.8. The zero-order valence-electron chi connectivity index (χ0n) is 11.3. The van der Waals surface area contributed by atoms with Crippen molar-refractivity contribution in [1.82, 2.24) is 10.3 Å². The van der Waals surface area contributed by atoms with Crippen LogP contribution in [0.25, 0.3) is 0 Å². The van der Waals surface area contributed by atoms with E-state index in [1.54, 1.807) is 6.39 Å². The van der Waals surface area contributed by atoms with E-state index in [4.69, 9.17) is 4.42 Å². The highest BCUT2D eigenvalue weighted by atomic mass is 16.3. The highest BCUT2D eigenvalue weighted by molar-refractivity contribution is 5.16. The molecule has 2 rings (SSSR count). The molecule has 3 heteroatoms. The minimum atomic E-state index is 0.346. The van der Waals surface area contributed by atoms with E-state index in [0.29, 0.717) is 11.3 Å². The number of aromatic nitrogens is 1. The average molecular weight is 236 g/mol. The third kappa shape index (κ3) is 2.71. The van der Waals surface area contributed by atoms with E-state index in [9.17, 15) is 0 Å². The molecule has 1 atom stereocenters. The van der Waals surface area contributed by atoms with Crippen molar-refractivity contribution in [2.75, 3.05) is 6.54 Å². The van der Waals surface area contributed by atoms with Crippen molar-refractivity contribution < 1.29 is 4.42 Å². The summed E-state index contributed by atoms with van der Waals surface area (Å²) in [4.78, 5) is 4.37. The van der Waals surface area contributed by atoms with E-state index >= 15 is 0 Å². The summed E-state index contributed by atoms with van der Waals surface area (Å²) in [5.41, 5.74) is 1.45. The van der Waals surface area contributed by atoms with Gasteiger partial charge in [-0.1, -0.05) is 33.6 Å². The number of oxazole rings is 1. The topological polar surface area (TPSA) is 38.1 Å². The molecule has 96 valence electrons. The van der Waals surface area contributed by atoms with Crippen LogP contribution in [0.15, 0.2) is 10.8 Å². The Morgan fingerprint density at radius 2 is 2.29 bits per heavy atom. The molecule has 1 N–H and O–H groups in total. The van der Waals surface area contributed by atoms with E-state index in [0.717, 1.165) is 24.5 Å². The lowest BCUT2D eigenvalue weighted by atomic mass is 9.67. The van der Waals surface area contributed by atoms with Gasteiger partial charge < -0.3 is 9.73 Å². The Bertz CT molecular complexity index is 357. The smallest absolute Gasteiger partial charge is 0.181 e. The van der Waals surface area contributed by atoms with Crippen LogP contribution >= 0.6 is 0 Å². The van der Waals surface area contributed by atoms with Gasteiger partial charge in [0.1, 0.15) is 5.76 Å². The Morgan fingerprint density at radius 1 is 1.47 bits per heavy atom. The Kier molecular flexibility index (Phi) is 3.87. The summed E-state index contributed by atoms with van der Waals surface area (Å²) < 4.78 is 5.69. The summed E-state index contributed by atoms with van der Waals surface area (Å²) in [6, 6.07) is 0. The van der Waals surface area contributed by atoms with E-state index in [2.05, 4.69) is 31.1 Å². The molecule has 1 unspecified atom stereocenters. The lowest BCUT2D eigenvalue weighted by molar-refractivity contribution is 0.176. The molecule has 3 nitrogen and oxygen atoms in total. The Labute approximate surface area is 104 Å². The van der Waals surface area contributed by atoms with Crippen LogP contribution in [-0.4, -0.2) is 11.5 Å². The second-order valence-corrected chi connectivity index (χ2v) is 5.73. The molecule has 0 aromatic carbocycles. The average Bonchev–Trinajstić information content (AvgIpc) is 2.73. The number of rotatable bonds is 4. The number of hydrogen-bond acceptors (Lipinski definition) is 3. The van der Waals surface area contributed by atoms with E-state index in [-0.39, 0.29) is 0 Å². The van der Waals surface area contributed by atoms with E-state index in [1.165, 1.54) is 25.7 Å². The highest BCUT2D eigenvalue weighted by Crippen LogP contribution is 2.47. The van der Waals surface area contributed by atoms with Gasteiger partial charge in [0.05, 0.1) is 5.69 Å². The van der Waals surface area contributed by atoms with Crippen molar-refractivity contribution in [3.63, 3.8) is 0 Å². The number of nitrogens with one attached hydrogen (secondary N) is 1. The van der Waals surface area contributed by atoms with Gasteiger partial charge in [0.25, 0.3) is 0 Å². The maximum atomic E-state index is 5.69. The number of nitrogens with zero attached hydrogens (tertiary/aromatic N) is 1. The van der Waals surface area contributed by atoms with Crippen LogP contribution in [0.5, 0.6) is 0 Å². The predicted octanol–water partition coefficient (Wildman–Crippen LogP) is 3.47. The Morgan fingerprint density at radius 3 is 3.00 bits per heavy atom. The van der Waals surface area contributed by atoms with Crippen molar-refractivity contribution in [3.8, 4) is 0 Å². The van der Waals surface area contributed by atoms with Crippen molar-refractivity contribution in [1.29, 1.82) is 0 Å². The van der Waals surface area contributed by atoms with Crippen LogP contribution in [0.2, 0.25) is 0 Å². The van der Waals surface area contributed by atoms with Crippen molar-refractivity contribution in [2.45, 2.75) is 58.9 Å². The van der Waals surface area contributed by atoms with Gasteiger partial charge in [0, 0.05) is 12.5 Å². The molecule has 0 saturated heterocycles. The van der Waals surface area contributed by atoms with Gasteiger partial charge in [-0.05, 0) is 24.8 Å². The highest BCUT2D eigenvalue weighted by Gasteiger charge is 2.36. The lowest BCUT2D eigenvalue weighted by Crippen LogP contribution is -2.27. The second kappa shape index (κ2) is 5.21. The van der Waals surface area contributed by atoms with E-state index < -0.39 is 0 Å². The fraction of sp³-hybridized carbons (Fsp3) is 0.786. The zero-order valence-corrected chi connectivity index (χ0v) is 11.3. The first-order valence-electron chi connectivity index (χ1n) is 6.78. The molecule has 17 heavy (non-hydrogen) atoms. The molecular weight excluding hydrogens is 212 g/mol. The van der Waals surface area contributed by atoms with E-state index in [1.807, 2.05) is 0 Å². The maximum absolute atomic E-state index is 5.69. The van der Waals surface area contributed by atoms with Crippen molar-refractivity contribution in [2.24, 2.45) is 5.41 Å². The molecular formula is C14H24N2O. The summed E-state index contributed by atoms with van der Waals surface area (Å²) in [6.07, 6.45) is 6.79. The van der Waals surface area contributed by atoms with Gasteiger partial charge in [-0.15, -0.1) is 0 Å². The van der Waals surface area contributed by atoms with Crippen LogP contribution in [0, 0.1) is 5.41 Å². The molecule has 1 aliphatic rings. The molecule has 0 spiro atoms. The van der Waals surface area contributed by atoms with Crippen molar-refractivity contribution in [3.05, 3.63) is 17.8 Å². The molecule has 1 aromatic rings. The Hall–Kier alpha value is -0.830. The van der Waals surface area contributed by atoms with Crippen LogP contribution in [0.4, 0.5) is 0 Å². The van der Waals surface area contributed by atoms with Crippen LogP contribution < -0.4 is 5.32 Å². The second-order valence-electron chi connectivity index (χ2n) is 5.73. The van der Waals surface area contributed by atoms with Crippen molar-refractivity contribution >= 4 is 0 Å². The molecule has 0 radical (unpaired) electrons. The third-order valence-electron chi connectivity index (χ3n) is 4.04. The molecule has 1 aromatic heterocycles. The fourth-order valence-corrected chi connectivity index (χ4v) is 2.92. The molecule has 1 saturated carbocycles. The number of hydrogen-bond donors (Lipinski definition) is 1. The van der Waals surface area contributed by atoms with Gasteiger partial charge >= 0.3 is 0 Å². The first-order valence-corrected chi connectivity index (χ1v) is 6.78. The first kappa shape index (κ1) is 12.6. The summed E-state index contributed by atoms with van der Waals surface area (Å²) in [5, 5.41) is 3.33. The van der Waals surface area contributed by atoms with Gasteiger partial charge in [-0.2, -0.15) is 0 Å². The quantitative estimate of drug-likeness (QED) is 0.870. The molecule has 0 bridgehead atoms. The predicted molar refractivity (Wildman–Crippen MR) is 68.9 cm³/mol. The summed E-state index contributed by atoms with van der Waals surface area (Å²) in [5.74, 6) is 1.66. The van der Waals surface area contributed by atoms with Gasteiger partial charge in [-0.3, -0.25) is 0 Å². The summed E-state index contributed by atoms with van der Waals surface area (Å²) in [7, 11) is 0. The first-order chi connectivity index (χ1) is 8.15. The summed E-state index contributed by atoms with van der Waals surface area (Å²) in [6.45, 7) is 8.63. The largest absolute Gasteiger partial charge is 0.448 e. The Balaban J connectivity index is 2.17. The zero-order chi connectivity index (χ0) is 12.3. The molecule has 1 fully saturated rings. The molecule has 0 aliphatic heterocycles. The van der Waals surface area contributed by atoms with Gasteiger partial charge in [-0.25, -0.2) is 4.98 Å². The third-order valence-corrected chi connectivity index (χ3v) is 4.04. The fourth-order valence-electron chi connectivity index (χ4n) is 2.92.